The number of fused-ring (bicyclic) bond motifs is 1. The first-order chi connectivity index (χ1) is 19.9. The molecule has 7 nitrogen and oxygen atoms in total. The number of rotatable bonds is 9. The Morgan fingerprint density at radius 1 is 1.17 bits per heavy atom. The van der Waals surface area contributed by atoms with Gasteiger partial charge in [-0.25, -0.2) is 14.4 Å². The van der Waals surface area contributed by atoms with E-state index in [1.807, 2.05) is 30.3 Å². The minimum Gasteiger partial charge on any atom is -0.473 e. The van der Waals surface area contributed by atoms with Crippen molar-refractivity contribution in [1.82, 2.24) is 14.5 Å². The number of amides is 1. The fourth-order valence-electron chi connectivity index (χ4n) is 5.48. The number of nitrogens with one attached hydrogen (secondary N) is 1. The number of pyridine rings is 1. The van der Waals surface area contributed by atoms with Crippen LogP contribution in [0.15, 0.2) is 60.7 Å². The van der Waals surface area contributed by atoms with Gasteiger partial charge >= 0.3 is 0 Å². The summed E-state index contributed by atoms with van der Waals surface area (Å²) in [6.45, 7) is 3.19. The number of anilines is 1. The van der Waals surface area contributed by atoms with Gasteiger partial charge in [0.15, 0.2) is 0 Å². The Morgan fingerprint density at radius 2 is 2.05 bits per heavy atom. The lowest BCUT2D eigenvalue weighted by Crippen LogP contribution is -2.32. The fraction of sp³-hybridized carbons (Fsp3) is 0.344. The van der Waals surface area contributed by atoms with E-state index in [1.54, 1.807) is 18.2 Å². The summed E-state index contributed by atoms with van der Waals surface area (Å²) in [5.74, 6) is 1.49. The molecular weight excluding hydrogens is 543 g/mol. The molecule has 6 rings (SSSR count). The van der Waals surface area contributed by atoms with Gasteiger partial charge in [-0.3, -0.25) is 4.79 Å². The van der Waals surface area contributed by atoms with Crippen LogP contribution in [0.25, 0.3) is 16.6 Å². The Bertz CT molecular complexity index is 1610. The highest BCUT2D eigenvalue weighted by molar-refractivity contribution is 6.30. The van der Waals surface area contributed by atoms with Crippen LogP contribution < -0.4 is 10.1 Å². The lowest BCUT2D eigenvalue weighted by Gasteiger charge is -2.28. The number of halogens is 2. The van der Waals surface area contributed by atoms with Crippen LogP contribution >= 0.6 is 11.6 Å². The topological polar surface area (TPSA) is 78.3 Å². The van der Waals surface area contributed by atoms with Gasteiger partial charge in [-0.15, -0.1) is 0 Å². The number of ether oxygens (including phenoxy) is 2. The quantitative estimate of drug-likeness (QED) is 0.233. The van der Waals surface area contributed by atoms with Gasteiger partial charge in [0.2, 0.25) is 11.8 Å². The van der Waals surface area contributed by atoms with Crippen molar-refractivity contribution in [2.75, 3.05) is 11.9 Å². The van der Waals surface area contributed by atoms with E-state index in [1.165, 1.54) is 18.6 Å². The molecule has 1 aliphatic heterocycles. The van der Waals surface area contributed by atoms with Crippen LogP contribution in [0.5, 0.6) is 5.88 Å². The van der Waals surface area contributed by atoms with Crippen molar-refractivity contribution < 1.29 is 18.7 Å². The Hall–Kier alpha value is -3.75. The molecule has 1 fully saturated rings. The van der Waals surface area contributed by atoms with Crippen molar-refractivity contribution in [2.45, 2.75) is 58.3 Å². The maximum atomic E-state index is 14.1. The molecule has 1 N–H and O–H groups in total. The van der Waals surface area contributed by atoms with Gasteiger partial charge in [0, 0.05) is 42.3 Å². The van der Waals surface area contributed by atoms with E-state index in [2.05, 4.69) is 20.9 Å². The van der Waals surface area contributed by atoms with E-state index in [0.717, 1.165) is 73.5 Å². The van der Waals surface area contributed by atoms with E-state index in [0.29, 0.717) is 22.4 Å². The molecular formula is C32H32ClFN4O3. The van der Waals surface area contributed by atoms with Gasteiger partial charge < -0.3 is 19.4 Å². The summed E-state index contributed by atoms with van der Waals surface area (Å²) in [5.41, 5.74) is 5.22. The van der Waals surface area contributed by atoms with Crippen LogP contribution in [0.4, 0.5) is 10.1 Å². The lowest BCUT2D eigenvalue weighted by molar-refractivity contribution is -0.114. The smallest absolute Gasteiger partial charge is 0.221 e. The number of carbonyl (C=O) groups is 1. The fourth-order valence-corrected chi connectivity index (χ4v) is 5.64. The van der Waals surface area contributed by atoms with Gasteiger partial charge in [0.05, 0.1) is 29.4 Å². The number of imidazole rings is 1. The van der Waals surface area contributed by atoms with Crippen molar-refractivity contribution in [1.29, 1.82) is 0 Å². The molecule has 9 heteroatoms. The van der Waals surface area contributed by atoms with E-state index < -0.39 is 5.82 Å². The van der Waals surface area contributed by atoms with Crippen LogP contribution in [-0.2, 0) is 29.1 Å². The van der Waals surface area contributed by atoms with E-state index >= 15 is 0 Å². The predicted octanol–water partition coefficient (Wildman–Crippen LogP) is 6.98. The molecule has 0 saturated carbocycles. The number of hydrogen-bond donors (Lipinski definition) is 1. The summed E-state index contributed by atoms with van der Waals surface area (Å²) in [6.07, 6.45) is 7.28. The molecule has 0 spiro atoms. The van der Waals surface area contributed by atoms with Crippen molar-refractivity contribution in [3.8, 4) is 5.88 Å². The van der Waals surface area contributed by atoms with Crippen LogP contribution in [0.2, 0.25) is 5.02 Å². The van der Waals surface area contributed by atoms with E-state index in [9.17, 15) is 9.18 Å². The SMILES string of the molecule is CC(=O)Nc1ccc2c(c1)nc(CC1CC=C(c3cccc(OCc4ccc(Cl)cc4F)n3)CC1)n2C[C@@H]1CCO1. The van der Waals surface area contributed by atoms with E-state index in [-0.39, 0.29) is 18.6 Å². The van der Waals surface area contributed by atoms with Crippen LogP contribution in [0.3, 0.4) is 0 Å². The summed E-state index contributed by atoms with van der Waals surface area (Å²) >= 11 is 5.85. The predicted molar refractivity (Wildman–Crippen MR) is 157 cm³/mol. The van der Waals surface area contributed by atoms with Crippen molar-refractivity contribution in [3.05, 3.63) is 88.6 Å². The first kappa shape index (κ1) is 27.4. The first-order valence-corrected chi connectivity index (χ1v) is 14.4. The number of carbonyl (C=O) groups excluding carboxylic acids is 1. The molecule has 2 aromatic heterocycles. The van der Waals surface area contributed by atoms with Gasteiger partial charge in [0.1, 0.15) is 18.2 Å². The van der Waals surface area contributed by atoms with Crippen molar-refractivity contribution in [2.24, 2.45) is 5.92 Å². The number of aromatic nitrogens is 3. The molecule has 41 heavy (non-hydrogen) atoms. The molecule has 4 aromatic rings. The minimum absolute atomic E-state index is 0.0831. The molecule has 3 heterocycles. The third kappa shape index (κ3) is 6.44. The zero-order valence-electron chi connectivity index (χ0n) is 22.9. The minimum atomic E-state index is -0.392. The largest absolute Gasteiger partial charge is 0.473 e. The van der Waals surface area contributed by atoms with Crippen LogP contribution in [-0.4, -0.2) is 33.2 Å². The first-order valence-electron chi connectivity index (χ1n) is 14.0. The maximum absolute atomic E-state index is 14.1. The average Bonchev–Trinajstić information content (AvgIpc) is 3.26. The Morgan fingerprint density at radius 3 is 2.78 bits per heavy atom. The molecule has 1 saturated heterocycles. The summed E-state index contributed by atoms with van der Waals surface area (Å²) in [7, 11) is 0. The van der Waals surface area contributed by atoms with E-state index in [4.69, 9.17) is 26.1 Å². The monoisotopic (exact) mass is 574 g/mol. The molecule has 2 aliphatic rings. The molecule has 2 atom stereocenters. The zero-order valence-corrected chi connectivity index (χ0v) is 23.7. The Balaban J connectivity index is 1.14. The summed E-state index contributed by atoms with van der Waals surface area (Å²) in [5, 5.41) is 3.21. The maximum Gasteiger partial charge on any atom is 0.221 e. The molecule has 212 valence electrons. The number of hydrogen-bond acceptors (Lipinski definition) is 5. The summed E-state index contributed by atoms with van der Waals surface area (Å²) < 4.78 is 28.0. The average molecular weight is 575 g/mol. The summed E-state index contributed by atoms with van der Waals surface area (Å²) in [4.78, 5) is 21.2. The normalized spacial score (nSPS) is 18.6. The van der Waals surface area contributed by atoms with Crippen molar-refractivity contribution >= 4 is 39.8 Å². The van der Waals surface area contributed by atoms with Gasteiger partial charge in [-0.1, -0.05) is 29.8 Å². The molecule has 2 aromatic carbocycles. The van der Waals surface area contributed by atoms with Gasteiger partial charge in [-0.05, 0) is 73.6 Å². The highest BCUT2D eigenvalue weighted by Gasteiger charge is 2.24. The van der Waals surface area contributed by atoms with Gasteiger partial charge in [-0.2, -0.15) is 0 Å². The highest BCUT2D eigenvalue weighted by Crippen LogP contribution is 2.33. The summed E-state index contributed by atoms with van der Waals surface area (Å²) in [6, 6.07) is 16.2. The zero-order chi connectivity index (χ0) is 28.3. The third-order valence-corrected chi connectivity index (χ3v) is 8.00. The molecule has 0 bridgehead atoms. The Labute approximate surface area is 243 Å². The number of allylic oxidation sites excluding steroid dienone is 2. The van der Waals surface area contributed by atoms with Crippen LogP contribution in [0, 0.1) is 11.7 Å². The highest BCUT2D eigenvalue weighted by atomic mass is 35.5. The molecule has 0 radical (unpaired) electrons. The van der Waals surface area contributed by atoms with Crippen LogP contribution in [0.1, 0.15) is 49.7 Å². The van der Waals surface area contributed by atoms with Crippen molar-refractivity contribution in [3.63, 3.8) is 0 Å². The third-order valence-electron chi connectivity index (χ3n) is 7.76. The second-order valence-corrected chi connectivity index (χ2v) is 11.2. The molecule has 1 unspecified atom stereocenters. The van der Waals surface area contributed by atoms with Gasteiger partial charge in [0.25, 0.3) is 0 Å². The number of nitrogens with zero attached hydrogens (tertiary/aromatic N) is 3. The Kier molecular flexibility index (Phi) is 8.03. The lowest BCUT2D eigenvalue weighted by atomic mass is 9.86. The molecule has 1 amide bonds. The second-order valence-electron chi connectivity index (χ2n) is 10.8. The second kappa shape index (κ2) is 12.0. The number of benzene rings is 2. The standard InChI is InChI=1S/C32H32ClFN4O3/c1-20(39)35-25-11-12-30-29(17-25)36-31(38(30)18-26-13-14-40-26)15-21-5-7-22(8-6-21)28-3-2-4-32(37-28)41-19-23-9-10-24(33)16-27(23)34/h2-4,7,9-12,16-17,21,26H,5-6,8,13-15,18-19H2,1H3,(H,35,39)/t21?,26-/m0/s1. The molecule has 1 aliphatic carbocycles.